The minimum absolute atomic E-state index is 0.310. The molecule has 0 spiro atoms. The topological polar surface area (TPSA) is 108 Å². The monoisotopic (exact) mass is 397 g/mol. The van der Waals surface area contributed by atoms with E-state index in [1.54, 1.807) is 12.1 Å². The van der Waals surface area contributed by atoms with E-state index in [4.69, 9.17) is 5.11 Å². The Hall–Kier alpha value is -3.22. The molecule has 1 aromatic carbocycles. The van der Waals surface area contributed by atoms with Crippen molar-refractivity contribution in [1.82, 2.24) is 15.6 Å². The smallest absolute Gasteiger partial charge is 0.405 e. The number of amides is 2. The van der Waals surface area contributed by atoms with E-state index in [1.807, 2.05) is 52.0 Å². The lowest BCUT2D eigenvalue weighted by Gasteiger charge is -2.23. The van der Waals surface area contributed by atoms with E-state index in [2.05, 4.69) is 15.6 Å². The van der Waals surface area contributed by atoms with Crippen molar-refractivity contribution in [3.05, 3.63) is 65.0 Å². The average Bonchev–Trinajstić information content (AvgIpc) is 2.64. The van der Waals surface area contributed by atoms with Gasteiger partial charge in [0.2, 0.25) is 0 Å². The van der Waals surface area contributed by atoms with E-state index in [1.165, 1.54) is 6.20 Å². The van der Waals surface area contributed by atoms with E-state index in [0.29, 0.717) is 17.7 Å². The summed E-state index contributed by atoms with van der Waals surface area (Å²) in [6.45, 7) is 7.19. The minimum Gasteiger partial charge on any atom is -0.465 e. The predicted octanol–water partition coefficient (Wildman–Crippen LogP) is 3.08. The van der Waals surface area contributed by atoms with Gasteiger partial charge in [0.1, 0.15) is 0 Å². The molecule has 7 heteroatoms. The zero-order chi connectivity index (χ0) is 21.6. The number of pyridine rings is 1. The number of carboxylic acid groups (broad SMARTS) is 1. The quantitative estimate of drug-likeness (QED) is 0.665. The predicted molar refractivity (Wildman–Crippen MR) is 110 cm³/mol. The van der Waals surface area contributed by atoms with Crippen LogP contribution in [0.1, 0.15) is 53.9 Å². The Morgan fingerprint density at radius 2 is 1.79 bits per heavy atom. The number of benzene rings is 1. The third kappa shape index (κ3) is 6.41. The molecule has 3 N–H and O–H groups in total. The van der Waals surface area contributed by atoms with E-state index in [9.17, 15) is 14.4 Å². The molecule has 0 radical (unpaired) electrons. The van der Waals surface area contributed by atoms with Gasteiger partial charge in [-0.1, -0.05) is 24.3 Å². The van der Waals surface area contributed by atoms with Crippen molar-refractivity contribution in [1.29, 1.82) is 0 Å². The van der Waals surface area contributed by atoms with Crippen molar-refractivity contribution in [2.24, 2.45) is 0 Å². The summed E-state index contributed by atoms with van der Waals surface area (Å²) in [6.07, 6.45) is 0.575. The van der Waals surface area contributed by atoms with Crippen LogP contribution in [0.15, 0.2) is 42.6 Å². The number of hydrogen-bond donors (Lipinski definition) is 3. The van der Waals surface area contributed by atoms with E-state index < -0.39 is 17.6 Å². The number of carbonyl (C=O) groups is 3. The van der Waals surface area contributed by atoms with Crippen LogP contribution in [0, 0.1) is 6.92 Å². The van der Waals surface area contributed by atoms with Crippen LogP contribution >= 0.6 is 0 Å². The molecule has 7 nitrogen and oxygen atoms in total. The average molecular weight is 397 g/mol. The van der Waals surface area contributed by atoms with Crippen LogP contribution in [0.5, 0.6) is 0 Å². The highest BCUT2D eigenvalue weighted by Crippen LogP contribution is 2.25. The molecule has 1 atom stereocenters. The minimum atomic E-state index is -1.28. The number of aryl methyl sites for hydroxylation is 1. The van der Waals surface area contributed by atoms with Crippen molar-refractivity contribution in [3.8, 4) is 0 Å². The maximum atomic E-state index is 12.9. The zero-order valence-electron chi connectivity index (χ0n) is 17.2. The first-order chi connectivity index (χ1) is 13.6. The summed E-state index contributed by atoms with van der Waals surface area (Å²) in [5, 5.41) is 13.9. The second-order valence-corrected chi connectivity index (χ2v) is 7.95. The molecule has 2 rings (SSSR count). The Balaban J connectivity index is 2.45. The molecule has 0 aliphatic heterocycles. The van der Waals surface area contributed by atoms with Gasteiger partial charge in [0.15, 0.2) is 5.78 Å². The second-order valence-electron chi connectivity index (χ2n) is 7.95. The Labute approximate surface area is 170 Å². The second kappa shape index (κ2) is 9.32. The molecule has 1 aromatic heterocycles. The highest BCUT2D eigenvalue weighted by Gasteiger charge is 2.28. The van der Waals surface area contributed by atoms with E-state index >= 15 is 0 Å². The number of nitrogens with one attached hydrogen (secondary N) is 2. The van der Waals surface area contributed by atoms with Crippen LogP contribution < -0.4 is 10.6 Å². The van der Waals surface area contributed by atoms with Crippen molar-refractivity contribution >= 4 is 17.8 Å². The van der Waals surface area contributed by atoms with Crippen LogP contribution in [0.2, 0.25) is 0 Å². The van der Waals surface area contributed by atoms with Crippen LogP contribution in [0.25, 0.3) is 0 Å². The van der Waals surface area contributed by atoms with Crippen LogP contribution in [-0.4, -0.2) is 40.0 Å². The lowest BCUT2D eigenvalue weighted by atomic mass is 9.87. The van der Waals surface area contributed by atoms with Crippen molar-refractivity contribution in [3.63, 3.8) is 0 Å². The summed E-state index contributed by atoms with van der Waals surface area (Å²) < 4.78 is 0. The van der Waals surface area contributed by atoms with E-state index in [-0.39, 0.29) is 18.2 Å². The fourth-order valence-electron chi connectivity index (χ4n) is 3.00. The van der Waals surface area contributed by atoms with E-state index in [0.717, 1.165) is 11.1 Å². The summed E-state index contributed by atoms with van der Waals surface area (Å²) in [6, 6.07) is 10.9. The first-order valence-electron chi connectivity index (χ1n) is 9.40. The number of nitrogens with zero attached hydrogens (tertiary/aromatic N) is 1. The third-order valence-corrected chi connectivity index (χ3v) is 4.39. The summed E-state index contributed by atoms with van der Waals surface area (Å²) in [7, 11) is 0. The fraction of sp³-hybridized carbons (Fsp3) is 0.364. The molecule has 0 fully saturated rings. The van der Waals surface area contributed by atoms with Crippen LogP contribution in [0.4, 0.5) is 4.79 Å². The first kappa shape index (κ1) is 22.1. The molecule has 0 saturated carbocycles. The van der Waals surface area contributed by atoms with Crippen molar-refractivity contribution in [2.75, 3.05) is 6.54 Å². The normalized spacial score (nSPS) is 12.1. The number of ketones is 1. The van der Waals surface area contributed by atoms with Gasteiger partial charge in [0.05, 0.1) is 23.7 Å². The standard InChI is InChI=1S/C22H27N3O4/c1-14-8-5-6-9-15(14)12-17(18(26)13-24-21(28)29)19-16(10-7-11-23-19)20(27)25-22(2,3)4/h5-11,17,24H,12-13H2,1-4H3,(H,25,27)(H,28,29). The summed E-state index contributed by atoms with van der Waals surface area (Å²) in [4.78, 5) is 41.0. The Morgan fingerprint density at radius 1 is 1.10 bits per heavy atom. The molecule has 1 heterocycles. The number of carbonyl (C=O) groups excluding carboxylic acids is 2. The summed E-state index contributed by atoms with van der Waals surface area (Å²) >= 11 is 0. The molecule has 0 aliphatic carbocycles. The highest BCUT2D eigenvalue weighted by atomic mass is 16.4. The Bertz CT molecular complexity index is 903. The molecule has 1 unspecified atom stereocenters. The molecule has 0 aliphatic rings. The number of rotatable bonds is 7. The van der Waals surface area contributed by atoms with Crippen molar-refractivity contribution < 1.29 is 19.5 Å². The molecule has 0 saturated heterocycles. The summed E-state index contributed by atoms with van der Waals surface area (Å²) in [5.74, 6) is -1.43. The molecular weight excluding hydrogens is 370 g/mol. The van der Waals surface area contributed by atoms with Gasteiger partial charge in [-0.25, -0.2) is 4.79 Å². The molecule has 2 aromatic rings. The maximum absolute atomic E-state index is 12.9. The van der Waals surface area contributed by atoms with Gasteiger partial charge in [0, 0.05) is 11.7 Å². The number of aromatic nitrogens is 1. The lowest BCUT2D eigenvalue weighted by molar-refractivity contribution is -0.119. The molecule has 2 amide bonds. The van der Waals surface area contributed by atoms with Gasteiger partial charge in [0.25, 0.3) is 5.91 Å². The lowest BCUT2D eigenvalue weighted by Crippen LogP contribution is -2.41. The fourth-order valence-corrected chi connectivity index (χ4v) is 3.00. The SMILES string of the molecule is Cc1ccccc1CC(C(=O)CNC(=O)O)c1ncccc1C(=O)NC(C)(C)C. The first-order valence-corrected chi connectivity index (χ1v) is 9.40. The van der Waals surface area contributed by atoms with Crippen LogP contribution in [-0.2, 0) is 11.2 Å². The van der Waals surface area contributed by atoms with Gasteiger partial charge in [-0.2, -0.15) is 0 Å². The van der Waals surface area contributed by atoms with Gasteiger partial charge in [-0.15, -0.1) is 0 Å². The van der Waals surface area contributed by atoms with Crippen LogP contribution in [0.3, 0.4) is 0 Å². The largest absolute Gasteiger partial charge is 0.465 e. The molecule has 154 valence electrons. The van der Waals surface area contributed by atoms with Gasteiger partial charge >= 0.3 is 6.09 Å². The van der Waals surface area contributed by atoms with Gasteiger partial charge in [-0.05, 0) is 57.4 Å². The van der Waals surface area contributed by atoms with Gasteiger partial charge in [-0.3, -0.25) is 14.6 Å². The maximum Gasteiger partial charge on any atom is 0.405 e. The number of hydrogen-bond acceptors (Lipinski definition) is 4. The molecule has 29 heavy (non-hydrogen) atoms. The number of Topliss-reactive ketones (excluding diaryl/α,β-unsaturated/α-hetero) is 1. The highest BCUT2D eigenvalue weighted by molar-refractivity contribution is 5.98. The molecule has 0 bridgehead atoms. The summed E-state index contributed by atoms with van der Waals surface area (Å²) in [5.41, 5.74) is 2.14. The zero-order valence-corrected chi connectivity index (χ0v) is 17.2. The van der Waals surface area contributed by atoms with Gasteiger partial charge < -0.3 is 15.7 Å². The molecular formula is C22H27N3O4. The third-order valence-electron chi connectivity index (χ3n) is 4.39. The van der Waals surface area contributed by atoms with Crippen molar-refractivity contribution in [2.45, 2.75) is 45.6 Å². The Morgan fingerprint density at radius 3 is 2.41 bits per heavy atom. The Kier molecular flexibility index (Phi) is 7.09.